The highest BCUT2D eigenvalue weighted by atomic mass is 79.9. The molecule has 0 saturated carbocycles. The van der Waals surface area contributed by atoms with E-state index in [1.165, 1.54) is 0 Å². The monoisotopic (exact) mass is 374 g/mol. The van der Waals surface area contributed by atoms with Crippen molar-refractivity contribution in [1.82, 2.24) is 14.7 Å². The van der Waals surface area contributed by atoms with Crippen LogP contribution in [0.4, 0.5) is 0 Å². The second kappa shape index (κ2) is 7.42. The van der Waals surface area contributed by atoms with Gasteiger partial charge in [-0.1, -0.05) is 28.1 Å². The van der Waals surface area contributed by atoms with Crippen LogP contribution in [0.3, 0.4) is 0 Å². The van der Waals surface area contributed by atoms with Crippen molar-refractivity contribution in [3.8, 4) is 17.3 Å². The first-order valence-electron chi connectivity index (χ1n) is 7.41. The van der Waals surface area contributed by atoms with Gasteiger partial charge in [-0.2, -0.15) is 10.4 Å². The third-order valence-corrected chi connectivity index (χ3v) is 4.13. The smallest absolute Gasteiger partial charge is 0.257 e. The molecule has 0 fully saturated rings. The number of halogens is 1. The molecule has 0 spiro atoms. The van der Waals surface area contributed by atoms with Crippen LogP contribution < -0.4 is 0 Å². The SMILES string of the molecule is CC(C)N(C)C(=O)c1cn(CCC#N)nc1-c1cccc(Br)c1. The zero-order valence-electron chi connectivity index (χ0n) is 13.5. The van der Waals surface area contributed by atoms with Crippen molar-refractivity contribution in [2.24, 2.45) is 0 Å². The van der Waals surface area contributed by atoms with E-state index < -0.39 is 0 Å². The normalized spacial score (nSPS) is 10.6. The average Bonchev–Trinajstić information content (AvgIpc) is 2.95. The van der Waals surface area contributed by atoms with Gasteiger partial charge in [-0.05, 0) is 26.0 Å². The zero-order valence-corrected chi connectivity index (χ0v) is 15.0. The van der Waals surface area contributed by atoms with E-state index in [9.17, 15) is 4.79 Å². The number of nitrogens with zero attached hydrogens (tertiary/aromatic N) is 4. The Bertz CT molecular complexity index is 745. The molecule has 5 nitrogen and oxygen atoms in total. The predicted molar refractivity (Wildman–Crippen MR) is 92.8 cm³/mol. The number of aryl methyl sites for hydroxylation is 1. The molecular weight excluding hydrogens is 356 g/mol. The maximum absolute atomic E-state index is 12.7. The van der Waals surface area contributed by atoms with E-state index in [1.54, 1.807) is 22.8 Å². The Balaban J connectivity index is 2.49. The van der Waals surface area contributed by atoms with Gasteiger partial charge < -0.3 is 4.90 Å². The summed E-state index contributed by atoms with van der Waals surface area (Å²) in [5.74, 6) is -0.0711. The maximum atomic E-state index is 12.7. The maximum Gasteiger partial charge on any atom is 0.257 e. The number of hydrogen-bond donors (Lipinski definition) is 0. The van der Waals surface area contributed by atoms with Crippen LogP contribution in [0.15, 0.2) is 34.9 Å². The lowest BCUT2D eigenvalue weighted by molar-refractivity contribution is 0.0755. The first-order valence-corrected chi connectivity index (χ1v) is 8.21. The lowest BCUT2D eigenvalue weighted by Crippen LogP contribution is -2.33. The summed E-state index contributed by atoms with van der Waals surface area (Å²) in [5, 5.41) is 13.3. The molecule has 0 atom stereocenters. The van der Waals surface area contributed by atoms with Crippen molar-refractivity contribution in [2.75, 3.05) is 7.05 Å². The Labute approximate surface area is 144 Å². The van der Waals surface area contributed by atoms with Crippen LogP contribution in [0.1, 0.15) is 30.6 Å². The summed E-state index contributed by atoms with van der Waals surface area (Å²) in [4.78, 5) is 14.4. The molecule has 0 aliphatic rings. The van der Waals surface area contributed by atoms with Gasteiger partial charge in [-0.25, -0.2) is 0 Å². The first-order chi connectivity index (χ1) is 10.9. The van der Waals surface area contributed by atoms with E-state index in [0.717, 1.165) is 10.0 Å². The summed E-state index contributed by atoms with van der Waals surface area (Å²) in [6, 6.07) is 9.90. The predicted octanol–water partition coefficient (Wildman–Crippen LogP) is 3.71. The molecule has 0 aliphatic heterocycles. The first kappa shape index (κ1) is 17.2. The van der Waals surface area contributed by atoms with Crippen molar-refractivity contribution >= 4 is 21.8 Å². The summed E-state index contributed by atoms with van der Waals surface area (Å²) in [6.07, 6.45) is 2.09. The third kappa shape index (κ3) is 3.99. The third-order valence-electron chi connectivity index (χ3n) is 3.64. The molecule has 0 bridgehead atoms. The molecule has 6 heteroatoms. The molecule has 0 unspecified atom stereocenters. The number of aromatic nitrogens is 2. The van der Waals surface area contributed by atoms with Gasteiger partial charge in [-0.15, -0.1) is 0 Å². The minimum absolute atomic E-state index is 0.0711. The molecule has 0 radical (unpaired) electrons. The van der Waals surface area contributed by atoms with Crippen LogP contribution in [0.25, 0.3) is 11.3 Å². The van der Waals surface area contributed by atoms with Gasteiger partial charge in [0.05, 0.1) is 24.6 Å². The van der Waals surface area contributed by atoms with Gasteiger partial charge in [0.1, 0.15) is 5.69 Å². The molecule has 1 heterocycles. The Morgan fingerprint density at radius 1 is 1.48 bits per heavy atom. The fourth-order valence-electron chi connectivity index (χ4n) is 2.13. The standard InChI is InChI=1S/C17H19BrN4O/c1-12(2)21(3)17(23)15-11-22(9-5-8-19)20-16(15)13-6-4-7-14(18)10-13/h4,6-7,10-12H,5,9H2,1-3H3. The number of carbonyl (C=O) groups is 1. The van der Waals surface area contributed by atoms with E-state index in [4.69, 9.17) is 5.26 Å². The number of carbonyl (C=O) groups excluding carboxylic acids is 1. The van der Waals surface area contributed by atoms with Crippen LogP contribution >= 0.6 is 15.9 Å². The minimum Gasteiger partial charge on any atom is -0.339 e. The molecular formula is C17H19BrN4O. The molecule has 2 aromatic rings. The summed E-state index contributed by atoms with van der Waals surface area (Å²) in [7, 11) is 1.78. The Kier molecular flexibility index (Phi) is 5.56. The molecule has 0 N–H and O–H groups in total. The topological polar surface area (TPSA) is 61.9 Å². The molecule has 0 saturated heterocycles. The van der Waals surface area contributed by atoms with E-state index in [0.29, 0.717) is 24.2 Å². The number of hydrogen-bond acceptors (Lipinski definition) is 3. The van der Waals surface area contributed by atoms with Gasteiger partial charge in [0, 0.05) is 29.3 Å². The number of rotatable bonds is 5. The number of nitriles is 1. The van der Waals surface area contributed by atoms with Crippen molar-refractivity contribution in [2.45, 2.75) is 32.9 Å². The number of benzene rings is 1. The number of amides is 1. The minimum atomic E-state index is -0.0711. The van der Waals surface area contributed by atoms with Crippen LogP contribution in [0.2, 0.25) is 0 Å². The van der Waals surface area contributed by atoms with Gasteiger partial charge in [-0.3, -0.25) is 9.48 Å². The second-order valence-electron chi connectivity index (χ2n) is 5.58. The van der Waals surface area contributed by atoms with Gasteiger partial charge in [0.2, 0.25) is 0 Å². The Morgan fingerprint density at radius 3 is 2.83 bits per heavy atom. The molecule has 1 amide bonds. The van der Waals surface area contributed by atoms with Gasteiger partial charge >= 0.3 is 0 Å². The van der Waals surface area contributed by atoms with Crippen molar-refractivity contribution in [1.29, 1.82) is 5.26 Å². The highest BCUT2D eigenvalue weighted by Crippen LogP contribution is 2.26. The molecule has 23 heavy (non-hydrogen) atoms. The van der Waals surface area contributed by atoms with Gasteiger partial charge in [0.25, 0.3) is 5.91 Å². The summed E-state index contributed by atoms with van der Waals surface area (Å²) >= 11 is 3.45. The van der Waals surface area contributed by atoms with Crippen molar-refractivity contribution in [3.63, 3.8) is 0 Å². The largest absolute Gasteiger partial charge is 0.339 e. The van der Waals surface area contributed by atoms with E-state index in [2.05, 4.69) is 27.1 Å². The van der Waals surface area contributed by atoms with Gasteiger partial charge in [0.15, 0.2) is 0 Å². The lowest BCUT2D eigenvalue weighted by atomic mass is 10.1. The fraction of sp³-hybridized carbons (Fsp3) is 0.353. The highest BCUT2D eigenvalue weighted by Gasteiger charge is 2.22. The Morgan fingerprint density at radius 2 is 2.22 bits per heavy atom. The Hall–Kier alpha value is -2.13. The molecule has 0 aliphatic carbocycles. The molecule has 1 aromatic heterocycles. The summed E-state index contributed by atoms with van der Waals surface area (Å²) < 4.78 is 2.60. The molecule has 120 valence electrons. The van der Waals surface area contributed by atoms with E-state index in [1.807, 2.05) is 38.1 Å². The van der Waals surface area contributed by atoms with Crippen LogP contribution in [0.5, 0.6) is 0 Å². The molecule has 2 rings (SSSR count). The quantitative estimate of drug-likeness (QED) is 0.801. The van der Waals surface area contributed by atoms with Crippen molar-refractivity contribution in [3.05, 3.63) is 40.5 Å². The molecule has 1 aromatic carbocycles. The summed E-state index contributed by atoms with van der Waals surface area (Å²) in [6.45, 7) is 4.41. The lowest BCUT2D eigenvalue weighted by Gasteiger charge is -2.21. The fourth-order valence-corrected chi connectivity index (χ4v) is 2.53. The highest BCUT2D eigenvalue weighted by molar-refractivity contribution is 9.10. The van der Waals surface area contributed by atoms with Crippen LogP contribution in [-0.4, -0.2) is 33.7 Å². The average molecular weight is 375 g/mol. The summed E-state index contributed by atoms with van der Waals surface area (Å²) in [5.41, 5.74) is 2.06. The van der Waals surface area contributed by atoms with E-state index >= 15 is 0 Å². The van der Waals surface area contributed by atoms with Crippen LogP contribution in [0, 0.1) is 11.3 Å². The zero-order chi connectivity index (χ0) is 17.0. The second-order valence-corrected chi connectivity index (χ2v) is 6.50. The van der Waals surface area contributed by atoms with Crippen LogP contribution in [-0.2, 0) is 6.54 Å². The van der Waals surface area contributed by atoms with Crippen molar-refractivity contribution < 1.29 is 4.79 Å². The van der Waals surface area contributed by atoms with E-state index in [-0.39, 0.29) is 11.9 Å².